The summed E-state index contributed by atoms with van der Waals surface area (Å²) in [4.78, 5) is 5.41. The molecule has 0 saturated heterocycles. The van der Waals surface area contributed by atoms with E-state index in [4.69, 9.17) is 0 Å². The minimum Gasteiger partial charge on any atom is -0.337 e. The van der Waals surface area contributed by atoms with E-state index in [-0.39, 0.29) is 0 Å². The maximum absolute atomic E-state index is 2.77. The molecule has 0 spiro atoms. The van der Waals surface area contributed by atoms with Gasteiger partial charge in [0.05, 0.1) is 39.1 Å². The Morgan fingerprint density at radius 1 is 0.457 bits per heavy atom. The van der Waals surface area contributed by atoms with Crippen LogP contribution in [-0.2, 0) is 12.8 Å². The number of hydrogen-bond acceptors (Lipinski definition) is 2. The molecule has 0 amide bonds. The highest BCUT2D eigenvalue weighted by atomic mass is 15.2. The molecule has 4 nitrogen and oxygen atoms in total. The van der Waals surface area contributed by atoms with Crippen LogP contribution in [0.15, 0.2) is 163 Å². The van der Waals surface area contributed by atoms with Crippen LogP contribution in [0.1, 0.15) is 107 Å². The molecule has 0 N–H and O–H groups in total. The molecule has 7 aliphatic carbocycles. The van der Waals surface area contributed by atoms with Crippen molar-refractivity contribution in [2.45, 2.75) is 115 Å². The van der Waals surface area contributed by atoms with E-state index in [2.05, 4.69) is 170 Å². The molecule has 0 bridgehead atoms. The number of allylic oxidation sites excluding steroid dienone is 8. The van der Waals surface area contributed by atoms with Crippen LogP contribution in [0.2, 0.25) is 0 Å². The van der Waals surface area contributed by atoms with Crippen LogP contribution in [-0.4, -0.2) is 19.7 Å². The summed E-state index contributed by atoms with van der Waals surface area (Å²) in [5, 5.41) is 8.46. The second-order valence-corrected chi connectivity index (χ2v) is 22.1. The Hall–Kier alpha value is -6.52. The maximum Gasteiger partial charge on any atom is 0.0597 e. The molecule has 2 saturated carbocycles. The number of hydrogen-bond donors (Lipinski definition) is 0. The monoisotopic (exact) mass is 913 g/mol. The third-order valence-electron chi connectivity index (χ3n) is 18.5. The Labute approximate surface area is 412 Å². The minimum absolute atomic E-state index is 0.298. The van der Waals surface area contributed by atoms with E-state index in [1.165, 1.54) is 169 Å². The first-order valence-electron chi connectivity index (χ1n) is 27.4. The summed E-state index contributed by atoms with van der Waals surface area (Å²) < 4.78 is 5.35. The van der Waals surface area contributed by atoms with Crippen LogP contribution in [0.4, 0.5) is 5.69 Å². The number of aromatic nitrogens is 2. The second kappa shape index (κ2) is 16.5. The number of rotatable bonds is 8. The summed E-state index contributed by atoms with van der Waals surface area (Å²) in [6, 6.07) is 35.4. The lowest BCUT2D eigenvalue weighted by atomic mass is 9.77. The van der Waals surface area contributed by atoms with Gasteiger partial charge in [-0.15, -0.1) is 0 Å². The van der Waals surface area contributed by atoms with Crippen molar-refractivity contribution in [2.75, 3.05) is 4.90 Å². The number of nitrogens with zero attached hydrogens (tertiary/aromatic N) is 4. The Bertz CT molecular complexity index is 3740. The molecule has 7 aliphatic rings. The molecule has 348 valence electrons. The first kappa shape index (κ1) is 41.3. The molecule has 8 aromatic rings. The fourth-order valence-electron chi connectivity index (χ4n) is 15.3. The molecule has 3 atom stereocenters. The van der Waals surface area contributed by atoms with E-state index < -0.39 is 0 Å². The van der Waals surface area contributed by atoms with E-state index in [1.807, 2.05) is 0 Å². The lowest BCUT2D eigenvalue weighted by molar-refractivity contribution is 0.283. The molecule has 4 heteroatoms. The van der Waals surface area contributed by atoms with E-state index in [0.29, 0.717) is 17.9 Å². The third-order valence-corrected chi connectivity index (χ3v) is 18.5. The maximum atomic E-state index is 2.77. The Morgan fingerprint density at radius 3 is 1.56 bits per heavy atom. The number of benzene rings is 4. The molecular formula is C66H64N4. The normalized spacial score (nSPS) is 22.9. The number of fused-ring (bicyclic) bond motifs is 12. The fourth-order valence-corrected chi connectivity index (χ4v) is 15.3. The van der Waals surface area contributed by atoms with Crippen LogP contribution < -0.4 is 15.3 Å². The molecule has 4 heterocycles. The van der Waals surface area contributed by atoms with Crippen molar-refractivity contribution in [3.8, 4) is 0 Å². The third kappa shape index (κ3) is 6.26. The Balaban J connectivity index is 0.931. The van der Waals surface area contributed by atoms with E-state index in [9.17, 15) is 0 Å². The average molecular weight is 913 g/mol. The zero-order chi connectivity index (χ0) is 45.9. The molecular weight excluding hydrogens is 849 g/mol. The highest BCUT2D eigenvalue weighted by Gasteiger charge is 2.34. The van der Waals surface area contributed by atoms with Gasteiger partial charge in [0.2, 0.25) is 0 Å². The van der Waals surface area contributed by atoms with Crippen LogP contribution >= 0.6 is 0 Å². The van der Waals surface area contributed by atoms with Crippen molar-refractivity contribution in [1.29, 1.82) is 0 Å². The van der Waals surface area contributed by atoms with Gasteiger partial charge in [-0.05, 0) is 154 Å². The summed E-state index contributed by atoms with van der Waals surface area (Å²) in [6.45, 7) is 0. The molecule has 4 aromatic heterocycles. The van der Waals surface area contributed by atoms with Gasteiger partial charge in [-0.3, -0.25) is 0 Å². The second-order valence-electron chi connectivity index (χ2n) is 22.1. The molecule has 0 radical (unpaired) electrons. The first-order valence-corrected chi connectivity index (χ1v) is 27.4. The van der Waals surface area contributed by atoms with Crippen molar-refractivity contribution in [3.05, 3.63) is 185 Å². The Morgan fingerprint density at radius 2 is 1.00 bits per heavy atom. The van der Waals surface area contributed by atoms with Gasteiger partial charge >= 0.3 is 0 Å². The molecule has 2 fully saturated rings. The Kier molecular flexibility index (Phi) is 9.76. The predicted molar refractivity (Wildman–Crippen MR) is 294 cm³/mol. The highest BCUT2D eigenvalue weighted by Crippen LogP contribution is 2.45. The van der Waals surface area contributed by atoms with E-state index in [1.54, 1.807) is 0 Å². The van der Waals surface area contributed by atoms with Crippen molar-refractivity contribution in [2.24, 2.45) is 23.7 Å². The summed E-state index contributed by atoms with van der Waals surface area (Å²) in [6.07, 6.45) is 46.1. The SMILES string of the molecule is C1=CCC(N(C2=CCC(C3CCCCC3)C=C2)C2=c3c4ccccc4n4c3c(c3cc5c(cc34)c3c4c(c6ccccc6n45)=C(N(C4=CCC(C5CCCCC5)C=C4)c4ccccc4)CC3)CC2)C=C1. The van der Waals surface area contributed by atoms with Crippen molar-refractivity contribution in [1.82, 2.24) is 13.7 Å². The largest absolute Gasteiger partial charge is 0.337 e. The van der Waals surface area contributed by atoms with Gasteiger partial charge in [-0.25, -0.2) is 0 Å². The van der Waals surface area contributed by atoms with Crippen molar-refractivity contribution >= 4 is 71.7 Å². The van der Waals surface area contributed by atoms with Crippen LogP contribution in [0.25, 0.3) is 66.0 Å². The molecule has 0 aliphatic heterocycles. The summed E-state index contributed by atoms with van der Waals surface area (Å²) in [7, 11) is 0. The fraction of sp³-hybridized carbons (Fsp3) is 0.333. The summed E-state index contributed by atoms with van der Waals surface area (Å²) in [5.41, 5.74) is 18.1. The topological polar surface area (TPSA) is 15.3 Å². The predicted octanol–water partition coefficient (Wildman–Crippen LogP) is 15.1. The van der Waals surface area contributed by atoms with Crippen LogP contribution in [0.5, 0.6) is 0 Å². The quantitative estimate of drug-likeness (QED) is 0.151. The highest BCUT2D eigenvalue weighted by molar-refractivity contribution is 6.12. The van der Waals surface area contributed by atoms with Gasteiger partial charge in [0.25, 0.3) is 0 Å². The lowest BCUT2D eigenvalue weighted by Gasteiger charge is -2.38. The van der Waals surface area contributed by atoms with Crippen molar-refractivity contribution < 1.29 is 0 Å². The van der Waals surface area contributed by atoms with E-state index in [0.717, 1.165) is 56.8 Å². The van der Waals surface area contributed by atoms with Crippen LogP contribution in [0.3, 0.4) is 0 Å². The summed E-state index contributed by atoms with van der Waals surface area (Å²) in [5.74, 6) is 3.00. The molecule has 4 aromatic carbocycles. The minimum atomic E-state index is 0.298. The van der Waals surface area contributed by atoms with Crippen LogP contribution in [0, 0.1) is 23.7 Å². The zero-order valence-electron chi connectivity index (χ0n) is 40.6. The smallest absolute Gasteiger partial charge is 0.0597 e. The lowest BCUT2D eigenvalue weighted by Crippen LogP contribution is -2.37. The van der Waals surface area contributed by atoms with Gasteiger partial charge in [0, 0.05) is 60.5 Å². The van der Waals surface area contributed by atoms with Gasteiger partial charge < -0.3 is 18.6 Å². The first-order chi connectivity index (χ1) is 34.8. The van der Waals surface area contributed by atoms with Gasteiger partial charge in [-0.2, -0.15) is 0 Å². The molecule has 70 heavy (non-hydrogen) atoms. The zero-order valence-corrected chi connectivity index (χ0v) is 40.6. The van der Waals surface area contributed by atoms with Gasteiger partial charge in [0.1, 0.15) is 0 Å². The van der Waals surface area contributed by atoms with Gasteiger partial charge in [-0.1, -0.05) is 142 Å². The molecule has 3 unspecified atom stereocenters. The van der Waals surface area contributed by atoms with E-state index >= 15 is 0 Å². The number of aryl methyl sites for hydroxylation is 2. The number of anilines is 1. The van der Waals surface area contributed by atoms with Gasteiger partial charge in [0.15, 0.2) is 0 Å². The summed E-state index contributed by atoms with van der Waals surface area (Å²) >= 11 is 0. The number of para-hydroxylation sites is 3. The standard InChI is InChI=1S/C66H64N4/c1-5-17-43(18-6-1)45-29-33-49(34-30-45)67(47-21-9-3-10-22-47)59-39-37-51-55-41-62-56(42-61(55)69-57-27-15-13-25-53(57)63(59)65(51)69)52-38-40-60(64-54-26-14-16-28-58(54)70(62)66(52)64)68(48-23-11-4-12-24-48)50-35-31-46(32-36-50)44-19-7-2-8-20-44/h3-4,9-16,21-23,25-29,31,33-36,41-46,48H,1-2,5-8,17-20,24,30,32,37-40H2. The average Bonchev–Trinajstić information content (AvgIpc) is 4.16. The molecule has 15 rings (SSSR count). The van der Waals surface area contributed by atoms with Crippen molar-refractivity contribution in [3.63, 3.8) is 0 Å².